The number of benzene rings is 9. The van der Waals surface area contributed by atoms with Gasteiger partial charge in [-0.15, -0.1) is 0 Å². The van der Waals surface area contributed by atoms with Crippen molar-refractivity contribution in [1.29, 1.82) is 0 Å². The van der Waals surface area contributed by atoms with Crippen LogP contribution in [0.2, 0.25) is 0 Å². The Labute approximate surface area is 527 Å². The number of hydrogen-bond acceptors (Lipinski definition) is 4. The summed E-state index contributed by atoms with van der Waals surface area (Å²) in [5.41, 5.74) is 27.0. The van der Waals surface area contributed by atoms with E-state index in [4.69, 9.17) is 4.74 Å². The second kappa shape index (κ2) is 19.8. The van der Waals surface area contributed by atoms with Gasteiger partial charge < -0.3 is 29.0 Å². The van der Waals surface area contributed by atoms with Gasteiger partial charge in [-0.3, -0.25) is 0 Å². The van der Waals surface area contributed by atoms with E-state index < -0.39 is 0 Å². The highest BCUT2D eigenvalue weighted by atomic mass is 16.5. The van der Waals surface area contributed by atoms with Gasteiger partial charge in [0.1, 0.15) is 5.76 Å². The highest BCUT2D eigenvalue weighted by Gasteiger charge is 2.46. The number of ether oxygens (including phenoxy) is 1. The summed E-state index contributed by atoms with van der Waals surface area (Å²) in [7, 11) is 0. The third-order valence-corrected chi connectivity index (χ3v) is 19.6. The molecule has 0 saturated heterocycles. The van der Waals surface area contributed by atoms with E-state index in [1.165, 1.54) is 77.3 Å². The van der Waals surface area contributed by atoms with Crippen LogP contribution in [0.5, 0.6) is 5.75 Å². The molecule has 4 aliphatic rings. The Morgan fingerprint density at radius 3 is 1.49 bits per heavy atom. The lowest BCUT2D eigenvalue weighted by molar-refractivity contribution is 0.426. The predicted molar refractivity (Wildman–Crippen MR) is 380 cm³/mol. The lowest BCUT2D eigenvalue weighted by Gasteiger charge is -2.42. The highest BCUT2D eigenvalue weighted by Crippen LogP contribution is 2.55. The molecule has 0 spiro atoms. The van der Waals surface area contributed by atoms with Gasteiger partial charge in [-0.2, -0.15) is 0 Å². The van der Waals surface area contributed by atoms with E-state index in [0.29, 0.717) is 0 Å². The monoisotopic (exact) mass is 1160 g/mol. The second-order valence-corrected chi connectivity index (χ2v) is 30.8. The Morgan fingerprint density at radius 2 is 0.944 bits per heavy atom. The number of nitrogens with one attached hydrogen (secondary N) is 1. The molecule has 7 heteroatoms. The maximum absolute atomic E-state index is 7.29. The number of rotatable bonds is 7. The molecule has 444 valence electrons. The van der Waals surface area contributed by atoms with Gasteiger partial charge in [0.05, 0.1) is 27.9 Å². The van der Waals surface area contributed by atoms with Crippen molar-refractivity contribution in [3.63, 3.8) is 0 Å². The molecule has 5 heterocycles. The first-order valence-corrected chi connectivity index (χ1v) is 32.2. The zero-order chi connectivity index (χ0) is 62.0. The fraction of sp³-hybridized carbons (Fsp3) is 0.268. The number of hydrogen-bond donors (Lipinski definition) is 1. The van der Waals surface area contributed by atoms with Gasteiger partial charge in [-0.05, 0) is 175 Å². The minimum absolute atomic E-state index is 0.00669. The summed E-state index contributed by atoms with van der Waals surface area (Å²) >= 11 is 0. The second-order valence-electron chi connectivity index (χ2n) is 30.8. The average Bonchev–Trinajstić information content (AvgIpc) is 1.63. The normalized spacial score (nSPS) is 15.3. The molecule has 0 saturated carbocycles. The van der Waals surface area contributed by atoms with E-state index in [1.54, 1.807) is 0 Å². The van der Waals surface area contributed by atoms with Gasteiger partial charge >= 0.3 is 0 Å². The standard InChI is InChI=1S/C82H82BN5O/c1-78(2,3)50-27-35-55(36-28-50)85(56-37-29-51(30-38-56)79(4,5)6)59-43-44-65-69(47-59)87(68-25-20-23-62-61-21-17-19-26-72(61)89-77(62)68)70-48-60(86(57-39-31-52(32-40-57)80(7,8)9)58-41-33-53(34-42-58)81(10,11)12)49-71-73(70)83(65)66-46-54(82(13,14)15)45-64-74-76(88(71)75(64)66)63-22-16-18-24-67(63)84-74/h16-20,22-49,61,84H,21H2,1-15H3. The Balaban J connectivity index is 1.08. The highest BCUT2D eigenvalue weighted by molar-refractivity contribution is 7.00. The Morgan fingerprint density at radius 1 is 0.438 bits per heavy atom. The molecule has 1 aliphatic carbocycles. The van der Waals surface area contributed by atoms with Gasteiger partial charge in [-0.1, -0.05) is 207 Å². The van der Waals surface area contributed by atoms with Crippen LogP contribution in [0.15, 0.2) is 206 Å². The minimum atomic E-state index is -0.153. The lowest BCUT2D eigenvalue weighted by Crippen LogP contribution is -2.60. The SMILES string of the molecule is CC(C)(C)c1ccc(N(c2ccc(C(C)(C)C)cc2)c2ccc3c(c2)N(c2cccc4c2OC2=CC=CCC24)c2cc(N(c4ccc(C(C)(C)C)cc4)c4ccc(C(C)(C)C)cc4)cc4c2B3c2cc(C(C)(C)C)cc3c5[nH]c6ccccc6c5n-4c23)cc1. The fourth-order valence-corrected chi connectivity index (χ4v) is 14.6. The molecule has 11 aromatic rings. The van der Waals surface area contributed by atoms with Crippen molar-refractivity contribution >= 4 is 107 Å². The molecule has 0 radical (unpaired) electrons. The largest absolute Gasteiger partial charge is 0.459 e. The summed E-state index contributed by atoms with van der Waals surface area (Å²) in [6.07, 6.45) is 7.50. The Kier molecular flexibility index (Phi) is 12.6. The van der Waals surface area contributed by atoms with E-state index >= 15 is 0 Å². The summed E-state index contributed by atoms with van der Waals surface area (Å²) in [6, 6.07) is 70.4. The molecule has 0 amide bonds. The summed E-state index contributed by atoms with van der Waals surface area (Å²) in [5.74, 6) is 2.05. The molecule has 1 atom stereocenters. The minimum Gasteiger partial charge on any atom is -0.459 e. The van der Waals surface area contributed by atoms with Gasteiger partial charge in [0.25, 0.3) is 6.71 Å². The number of fused-ring (bicyclic) bond motifs is 12. The van der Waals surface area contributed by atoms with Crippen molar-refractivity contribution < 1.29 is 4.74 Å². The number of anilines is 9. The van der Waals surface area contributed by atoms with Crippen LogP contribution < -0.4 is 35.8 Å². The lowest BCUT2D eigenvalue weighted by atomic mass is 9.33. The average molecular weight is 1160 g/mol. The molecule has 9 aromatic carbocycles. The van der Waals surface area contributed by atoms with Crippen LogP contribution in [0.1, 0.15) is 150 Å². The Bertz CT molecular complexity index is 4620. The van der Waals surface area contributed by atoms with Crippen molar-refractivity contribution in [1.82, 2.24) is 9.55 Å². The number of aromatic amines is 1. The van der Waals surface area contributed by atoms with Gasteiger partial charge in [0, 0.05) is 73.3 Å². The number of para-hydroxylation sites is 2. The zero-order valence-electron chi connectivity index (χ0n) is 54.6. The molecule has 3 aliphatic heterocycles. The maximum Gasteiger partial charge on any atom is 0.252 e. The third-order valence-electron chi connectivity index (χ3n) is 19.6. The van der Waals surface area contributed by atoms with E-state index in [1.807, 2.05) is 0 Å². The first kappa shape index (κ1) is 56.6. The fourth-order valence-electron chi connectivity index (χ4n) is 14.6. The zero-order valence-corrected chi connectivity index (χ0v) is 54.6. The first-order chi connectivity index (χ1) is 42.3. The molecule has 89 heavy (non-hydrogen) atoms. The number of aromatic nitrogens is 2. The summed E-state index contributed by atoms with van der Waals surface area (Å²) < 4.78 is 9.93. The van der Waals surface area contributed by atoms with E-state index in [2.05, 4.69) is 328 Å². The van der Waals surface area contributed by atoms with Crippen LogP contribution in [0.3, 0.4) is 0 Å². The predicted octanol–water partition coefficient (Wildman–Crippen LogP) is 20.6. The van der Waals surface area contributed by atoms with Crippen LogP contribution in [0, 0.1) is 0 Å². The van der Waals surface area contributed by atoms with Crippen molar-refractivity contribution in [3.8, 4) is 11.4 Å². The summed E-state index contributed by atoms with van der Waals surface area (Å²) in [5, 5.41) is 2.45. The topological polar surface area (TPSA) is 39.7 Å². The van der Waals surface area contributed by atoms with Crippen LogP contribution in [-0.2, 0) is 27.1 Å². The number of H-pyrrole nitrogens is 1. The molecular weight excluding hydrogens is 1080 g/mol. The van der Waals surface area contributed by atoms with Gasteiger partial charge in [-0.25, -0.2) is 0 Å². The van der Waals surface area contributed by atoms with E-state index in [0.717, 1.165) is 80.1 Å². The van der Waals surface area contributed by atoms with Crippen LogP contribution in [-0.4, -0.2) is 16.3 Å². The van der Waals surface area contributed by atoms with Crippen molar-refractivity contribution in [3.05, 3.63) is 239 Å². The van der Waals surface area contributed by atoms with E-state index in [-0.39, 0.29) is 39.7 Å². The van der Waals surface area contributed by atoms with Crippen LogP contribution >= 0.6 is 0 Å². The molecule has 2 aromatic heterocycles. The summed E-state index contributed by atoms with van der Waals surface area (Å²) in [6.45, 7) is 34.5. The van der Waals surface area contributed by atoms with Crippen LogP contribution in [0.4, 0.5) is 51.2 Å². The third kappa shape index (κ3) is 9.19. The van der Waals surface area contributed by atoms with E-state index in [9.17, 15) is 0 Å². The molecule has 0 bridgehead atoms. The first-order valence-electron chi connectivity index (χ1n) is 32.2. The smallest absolute Gasteiger partial charge is 0.252 e. The Hall–Kier alpha value is -8.94. The number of allylic oxidation sites excluding steroid dienone is 4. The summed E-state index contributed by atoms with van der Waals surface area (Å²) in [4.78, 5) is 11.6. The molecule has 0 fully saturated rings. The van der Waals surface area contributed by atoms with Crippen molar-refractivity contribution in [2.24, 2.45) is 0 Å². The number of nitrogens with zero attached hydrogens (tertiary/aromatic N) is 4. The van der Waals surface area contributed by atoms with Gasteiger partial charge in [0.15, 0.2) is 5.75 Å². The quantitative estimate of drug-likeness (QED) is 0.161. The van der Waals surface area contributed by atoms with Crippen LogP contribution in [0.25, 0.3) is 38.5 Å². The maximum atomic E-state index is 7.29. The molecular formula is C82H82BN5O. The van der Waals surface area contributed by atoms with Gasteiger partial charge in [0.2, 0.25) is 0 Å². The van der Waals surface area contributed by atoms with Crippen molar-refractivity contribution in [2.45, 2.75) is 143 Å². The molecule has 1 N–H and O–H groups in total. The molecule has 6 nitrogen and oxygen atoms in total. The van der Waals surface area contributed by atoms with Crippen molar-refractivity contribution in [2.75, 3.05) is 14.7 Å². The molecule has 15 rings (SSSR count). The molecule has 1 unspecified atom stereocenters.